The Morgan fingerprint density at radius 1 is 0.656 bits per heavy atom. The molecule has 0 atom stereocenters. The van der Waals surface area contributed by atoms with E-state index in [1.807, 2.05) is 66.7 Å². The van der Waals surface area contributed by atoms with Crippen LogP contribution in [0.1, 0.15) is 0 Å². The van der Waals surface area contributed by atoms with Gasteiger partial charge in [0.15, 0.2) is 0 Å². The zero-order chi connectivity index (χ0) is 21.9. The molecule has 0 aliphatic heterocycles. The summed E-state index contributed by atoms with van der Waals surface area (Å²) in [4.78, 5) is 29.5. The monoisotopic (exact) mass is 419 g/mol. The van der Waals surface area contributed by atoms with Gasteiger partial charge < -0.3 is 10.2 Å². The zero-order valence-corrected chi connectivity index (χ0v) is 16.8. The molecular formula is C25H17N5O2. The van der Waals surface area contributed by atoms with Crippen molar-refractivity contribution in [1.82, 2.24) is 19.9 Å². The molecule has 0 fully saturated rings. The van der Waals surface area contributed by atoms with Crippen LogP contribution in [0.4, 0.5) is 6.01 Å². The molecule has 7 nitrogen and oxygen atoms in total. The van der Waals surface area contributed by atoms with Crippen molar-refractivity contribution < 1.29 is 4.42 Å². The standard InChI is InChI=1S/C25H17N5O2/c26-25-30-22(31)15-21(32-25)17-11-10-16(18-7-1-4-12-27-18)23(19-8-2-5-13-28-19)24(17)20-9-3-6-14-29-20/h1-15H,(H2,26,30,31). The summed E-state index contributed by atoms with van der Waals surface area (Å²) >= 11 is 0. The minimum absolute atomic E-state index is 0.201. The van der Waals surface area contributed by atoms with Gasteiger partial charge >= 0.3 is 0 Å². The molecule has 4 aromatic heterocycles. The van der Waals surface area contributed by atoms with Crippen LogP contribution >= 0.6 is 0 Å². The minimum atomic E-state index is -0.482. The number of hydrogen-bond donors (Lipinski definition) is 1. The number of nitrogens with zero attached hydrogens (tertiary/aromatic N) is 4. The number of benzene rings is 1. The molecule has 0 spiro atoms. The fourth-order valence-corrected chi connectivity index (χ4v) is 3.65. The van der Waals surface area contributed by atoms with Crippen LogP contribution in [0.15, 0.2) is 101 Å². The van der Waals surface area contributed by atoms with E-state index in [1.54, 1.807) is 18.6 Å². The molecule has 0 amide bonds. The normalized spacial score (nSPS) is 10.8. The molecule has 4 heterocycles. The average molecular weight is 419 g/mol. The molecule has 5 aromatic rings. The fraction of sp³-hybridized carbons (Fsp3) is 0. The zero-order valence-electron chi connectivity index (χ0n) is 16.8. The van der Waals surface area contributed by atoms with Gasteiger partial charge in [-0.15, -0.1) is 0 Å². The smallest absolute Gasteiger partial charge is 0.295 e. The highest BCUT2D eigenvalue weighted by Gasteiger charge is 2.22. The summed E-state index contributed by atoms with van der Waals surface area (Å²) in [5, 5.41) is 0. The molecule has 0 aliphatic carbocycles. The van der Waals surface area contributed by atoms with E-state index >= 15 is 0 Å². The summed E-state index contributed by atoms with van der Waals surface area (Å²) < 4.78 is 5.65. The Labute approximate surface area is 183 Å². The summed E-state index contributed by atoms with van der Waals surface area (Å²) in [7, 11) is 0. The van der Waals surface area contributed by atoms with Gasteiger partial charge in [0.1, 0.15) is 5.76 Å². The Bertz CT molecular complexity index is 1440. The molecule has 2 N–H and O–H groups in total. The minimum Gasteiger partial charge on any atom is -0.425 e. The number of nitrogens with two attached hydrogens (primary N) is 1. The summed E-state index contributed by atoms with van der Waals surface area (Å²) in [5.41, 5.74) is 10.6. The van der Waals surface area contributed by atoms with Gasteiger partial charge in [0.05, 0.1) is 17.1 Å². The Morgan fingerprint density at radius 3 is 1.72 bits per heavy atom. The van der Waals surface area contributed by atoms with E-state index < -0.39 is 5.56 Å². The number of nitrogen functional groups attached to an aromatic ring is 1. The lowest BCUT2D eigenvalue weighted by Gasteiger charge is -2.18. The predicted octanol–water partition coefficient (Wildman–Crippen LogP) is 4.47. The number of aromatic nitrogens is 4. The van der Waals surface area contributed by atoms with Crippen molar-refractivity contribution in [2.24, 2.45) is 0 Å². The first kappa shape index (κ1) is 19.3. The Kier molecular flexibility index (Phi) is 4.97. The van der Waals surface area contributed by atoms with E-state index in [0.29, 0.717) is 17.0 Å². The molecule has 0 saturated heterocycles. The highest BCUT2D eigenvalue weighted by Crippen LogP contribution is 2.43. The van der Waals surface area contributed by atoms with Crippen molar-refractivity contribution in [2.75, 3.05) is 5.73 Å². The van der Waals surface area contributed by atoms with Gasteiger partial charge in [-0.2, -0.15) is 4.98 Å². The number of hydrogen-bond acceptors (Lipinski definition) is 7. The SMILES string of the molecule is Nc1nc(=O)cc(-c2ccc(-c3ccccn3)c(-c3ccccn3)c2-c2ccccn2)o1. The quantitative estimate of drug-likeness (QED) is 0.458. The largest absolute Gasteiger partial charge is 0.425 e. The van der Waals surface area contributed by atoms with Crippen molar-refractivity contribution in [3.8, 4) is 45.1 Å². The second-order valence-corrected chi connectivity index (χ2v) is 6.95. The first-order valence-corrected chi connectivity index (χ1v) is 9.90. The topological polar surface area (TPSA) is 108 Å². The van der Waals surface area contributed by atoms with E-state index in [9.17, 15) is 4.79 Å². The molecule has 0 bridgehead atoms. The van der Waals surface area contributed by atoms with Gasteiger partial charge in [-0.1, -0.05) is 24.3 Å². The van der Waals surface area contributed by atoms with Crippen molar-refractivity contribution in [3.63, 3.8) is 0 Å². The predicted molar refractivity (Wildman–Crippen MR) is 122 cm³/mol. The van der Waals surface area contributed by atoms with Crippen molar-refractivity contribution in [3.05, 3.63) is 102 Å². The van der Waals surface area contributed by atoms with Gasteiger partial charge in [0.25, 0.3) is 11.6 Å². The second-order valence-electron chi connectivity index (χ2n) is 6.95. The maximum Gasteiger partial charge on any atom is 0.295 e. The number of anilines is 1. The maximum atomic E-state index is 12.1. The summed E-state index contributed by atoms with van der Waals surface area (Å²) in [6.45, 7) is 0. The van der Waals surface area contributed by atoms with Crippen LogP contribution in [-0.4, -0.2) is 19.9 Å². The molecular weight excluding hydrogens is 402 g/mol. The molecule has 1 aromatic carbocycles. The average Bonchev–Trinajstić information content (AvgIpc) is 2.84. The van der Waals surface area contributed by atoms with E-state index in [1.165, 1.54) is 6.07 Å². The van der Waals surface area contributed by atoms with Gasteiger partial charge in [-0.05, 0) is 42.5 Å². The summed E-state index contributed by atoms with van der Waals surface area (Å²) in [6, 6.07) is 22.0. The maximum absolute atomic E-state index is 12.1. The van der Waals surface area contributed by atoms with Crippen molar-refractivity contribution >= 4 is 6.01 Å². The number of pyridine rings is 3. The molecule has 154 valence electrons. The van der Waals surface area contributed by atoms with Crippen molar-refractivity contribution in [2.45, 2.75) is 0 Å². The van der Waals surface area contributed by atoms with Gasteiger partial charge in [0.2, 0.25) is 0 Å². The van der Waals surface area contributed by atoms with E-state index in [2.05, 4.69) is 19.9 Å². The van der Waals surface area contributed by atoms with Gasteiger partial charge in [-0.25, -0.2) is 0 Å². The Hall–Kier alpha value is -4.65. The summed E-state index contributed by atoms with van der Waals surface area (Å²) in [5.74, 6) is 0.299. The van der Waals surface area contributed by atoms with Gasteiger partial charge in [0, 0.05) is 46.9 Å². The molecule has 7 heteroatoms. The van der Waals surface area contributed by atoms with E-state index in [0.717, 1.165) is 28.1 Å². The lowest BCUT2D eigenvalue weighted by atomic mass is 9.88. The van der Waals surface area contributed by atoms with E-state index in [4.69, 9.17) is 10.2 Å². The van der Waals surface area contributed by atoms with E-state index in [-0.39, 0.29) is 6.01 Å². The first-order valence-electron chi connectivity index (χ1n) is 9.90. The summed E-state index contributed by atoms with van der Waals surface area (Å²) in [6.07, 6.45) is 5.19. The Morgan fingerprint density at radius 2 is 1.19 bits per heavy atom. The van der Waals surface area contributed by atoms with Crippen LogP contribution in [-0.2, 0) is 0 Å². The Balaban J connectivity index is 1.92. The lowest BCUT2D eigenvalue weighted by Crippen LogP contribution is -2.08. The molecule has 0 unspecified atom stereocenters. The van der Waals surface area contributed by atoms with Crippen LogP contribution in [0.5, 0.6) is 0 Å². The third-order valence-electron chi connectivity index (χ3n) is 4.94. The first-order chi connectivity index (χ1) is 15.7. The molecule has 32 heavy (non-hydrogen) atoms. The molecule has 5 rings (SSSR count). The molecule has 0 radical (unpaired) electrons. The highest BCUT2D eigenvalue weighted by atomic mass is 16.4. The van der Waals surface area contributed by atoms with Crippen molar-refractivity contribution in [1.29, 1.82) is 0 Å². The molecule has 0 aliphatic rings. The fourth-order valence-electron chi connectivity index (χ4n) is 3.65. The van der Waals surface area contributed by atoms with Crippen LogP contribution < -0.4 is 11.3 Å². The van der Waals surface area contributed by atoms with Crippen LogP contribution in [0.3, 0.4) is 0 Å². The van der Waals surface area contributed by atoms with Crippen LogP contribution in [0.25, 0.3) is 45.1 Å². The third kappa shape index (κ3) is 3.63. The van der Waals surface area contributed by atoms with Crippen LogP contribution in [0, 0.1) is 0 Å². The molecule has 0 saturated carbocycles. The lowest BCUT2D eigenvalue weighted by molar-refractivity contribution is 0.564. The highest BCUT2D eigenvalue weighted by molar-refractivity contribution is 5.98. The number of rotatable bonds is 4. The van der Waals surface area contributed by atoms with Gasteiger partial charge in [-0.3, -0.25) is 19.7 Å². The second kappa shape index (κ2) is 8.23. The third-order valence-corrected chi connectivity index (χ3v) is 4.94. The van der Waals surface area contributed by atoms with Crippen LogP contribution in [0.2, 0.25) is 0 Å².